The summed E-state index contributed by atoms with van der Waals surface area (Å²) in [6, 6.07) is 18.7. The lowest BCUT2D eigenvalue weighted by Crippen LogP contribution is -2.36. The Kier molecular flexibility index (Phi) is 6.46. The minimum Gasteiger partial charge on any atom is -0.378 e. The lowest BCUT2D eigenvalue weighted by atomic mass is 10.1. The predicted molar refractivity (Wildman–Crippen MR) is 101 cm³/mol. The molecule has 0 aliphatic carbocycles. The molecule has 1 aliphatic heterocycles. The van der Waals surface area contributed by atoms with Gasteiger partial charge in [-0.2, -0.15) is 0 Å². The molecule has 25 heavy (non-hydrogen) atoms. The third-order valence-corrected chi connectivity index (χ3v) is 4.48. The Bertz CT molecular complexity index is 649. The van der Waals surface area contributed by atoms with Crippen molar-refractivity contribution in [3.8, 4) is 0 Å². The first-order chi connectivity index (χ1) is 12.3. The number of morpholine rings is 1. The van der Waals surface area contributed by atoms with Crippen LogP contribution in [0.25, 0.3) is 0 Å². The van der Waals surface area contributed by atoms with Gasteiger partial charge in [-0.05, 0) is 36.1 Å². The lowest BCUT2D eigenvalue weighted by molar-refractivity contribution is -0.120. The van der Waals surface area contributed by atoms with E-state index in [4.69, 9.17) is 4.74 Å². The van der Waals surface area contributed by atoms with E-state index in [-0.39, 0.29) is 5.91 Å². The van der Waals surface area contributed by atoms with Crippen LogP contribution in [0.3, 0.4) is 0 Å². The van der Waals surface area contributed by atoms with E-state index in [2.05, 4.69) is 46.6 Å². The van der Waals surface area contributed by atoms with Gasteiger partial charge in [-0.1, -0.05) is 42.5 Å². The largest absolute Gasteiger partial charge is 0.378 e. The lowest BCUT2D eigenvalue weighted by Gasteiger charge is -2.28. The van der Waals surface area contributed by atoms with Crippen molar-refractivity contribution >= 4 is 11.6 Å². The fourth-order valence-electron chi connectivity index (χ4n) is 3.06. The van der Waals surface area contributed by atoms with Gasteiger partial charge in [-0.25, -0.2) is 0 Å². The second kappa shape index (κ2) is 9.23. The number of rotatable bonds is 7. The fraction of sp³-hybridized carbons (Fsp3) is 0.381. The summed E-state index contributed by atoms with van der Waals surface area (Å²) in [6.45, 7) is 4.16. The molecular formula is C21H26N2O2. The summed E-state index contributed by atoms with van der Waals surface area (Å²) in [6.07, 6.45) is 2.40. The number of nitrogens with zero attached hydrogens (tertiary/aromatic N) is 1. The van der Waals surface area contributed by atoms with Gasteiger partial charge < -0.3 is 15.0 Å². The summed E-state index contributed by atoms with van der Waals surface area (Å²) in [5.41, 5.74) is 3.57. The SMILES string of the molecule is O=C(Cc1ccc(N2CCOCC2)cc1)NCCCc1ccccc1. The van der Waals surface area contributed by atoms with Crippen molar-refractivity contribution < 1.29 is 9.53 Å². The normalized spacial score (nSPS) is 14.3. The molecule has 0 bridgehead atoms. The Morgan fingerprint density at radius 1 is 0.960 bits per heavy atom. The Hall–Kier alpha value is -2.33. The van der Waals surface area contributed by atoms with Gasteiger partial charge in [0, 0.05) is 25.3 Å². The maximum atomic E-state index is 12.1. The molecule has 0 spiro atoms. The van der Waals surface area contributed by atoms with Gasteiger partial charge in [0.05, 0.1) is 19.6 Å². The number of aryl methyl sites for hydroxylation is 1. The predicted octanol–water partition coefficient (Wildman–Crippen LogP) is 2.81. The van der Waals surface area contributed by atoms with Gasteiger partial charge in [0.25, 0.3) is 0 Å². The van der Waals surface area contributed by atoms with E-state index in [1.54, 1.807) is 0 Å². The van der Waals surface area contributed by atoms with Crippen LogP contribution < -0.4 is 10.2 Å². The van der Waals surface area contributed by atoms with Crippen molar-refractivity contribution in [2.75, 3.05) is 37.7 Å². The summed E-state index contributed by atoms with van der Waals surface area (Å²) >= 11 is 0. The molecule has 1 N–H and O–H groups in total. The highest BCUT2D eigenvalue weighted by Gasteiger charge is 2.11. The van der Waals surface area contributed by atoms with E-state index in [0.29, 0.717) is 6.42 Å². The number of ether oxygens (including phenoxy) is 1. The van der Waals surface area contributed by atoms with Crippen LogP contribution in [-0.2, 0) is 22.4 Å². The summed E-state index contributed by atoms with van der Waals surface area (Å²) in [7, 11) is 0. The molecule has 1 heterocycles. The standard InChI is InChI=1S/C21H26N2O2/c24-21(22-12-4-7-18-5-2-1-3-6-18)17-19-8-10-20(11-9-19)23-13-15-25-16-14-23/h1-3,5-6,8-11H,4,7,12-17H2,(H,22,24). The van der Waals surface area contributed by atoms with Crippen LogP contribution >= 0.6 is 0 Å². The number of nitrogens with one attached hydrogen (secondary N) is 1. The summed E-state index contributed by atoms with van der Waals surface area (Å²) in [4.78, 5) is 14.4. The number of carbonyl (C=O) groups is 1. The van der Waals surface area contributed by atoms with E-state index < -0.39 is 0 Å². The number of hydrogen-bond acceptors (Lipinski definition) is 3. The highest BCUT2D eigenvalue weighted by Crippen LogP contribution is 2.16. The molecule has 4 nitrogen and oxygen atoms in total. The molecule has 0 unspecified atom stereocenters. The highest BCUT2D eigenvalue weighted by molar-refractivity contribution is 5.78. The molecule has 1 saturated heterocycles. The van der Waals surface area contributed by atoms with Crippen LogP contribution in [0.2, 0.25) is 0 Å². The third kappa shape index (κ3) is 5.61. The Morgan fingerprint density at radius 2 is 1.68 bits per heavy atom. The zero-order valence-corrected chi connectivity index (χ0v) is 14.6. The van der Waals surface area contributed by atoms with Crippen molar-refractivity contribution in [1.82, 2.24) is 5.32 Å². The zero-order chi connectivity index (χ0) is 17.3. The Morgan fingerprint density at radius 3 is 2.40 bits per heavy atom. The molecule has 0 atom stereocenters. The molecule has 132 valence electrons. The highest BCUT2D eigenvalue weighted by atomic mass is 16.5. The van der Waals surface area contributed by atoms with Gasteiger partial charge in [-0.3, -0.25) is 4.79 Å². The van der Waals surface area contributed by atoms with E-state index in [1.165, 1.54) is 11.3 Å². The van der Waals surface area contributed by atoms with E-state index in [0.717, 1.165) is 51.3 Å². The molecule has 0 saturated carbocycles. The van der Waals surface area contributed by atoms with Gasteiger partial charge in [0.15, 0.2) is 0 Å². The second-order valence-electron chi connectivity index (χ2n) is 6.38. The Labute approximate surface area is 149 Å². The number of anilines is 1. The second-order valence-corrected chi connectivity index (χ2v) is 6.38. The molecule has 1 aliphatic rings. The number of hydrogen-bond donors (Lipinski definition) is 1. The molecule has 4 heteroatoms. The monoisotopic (exact) mass is 338 g/mol. The first kappa shape index (κ1) is 17.5. The molecule has 2 aromatic carbocycles. The minimum absolute atomic E-state index is 0.0900. The maximum absolute atomic E-state index is 12.1. The van der Waals surface area contributed by atoms with Crippen LogP contribution in [-0.4, -0.2) is 38.8 Å². The van der Waals surface area contributed by atoms with Gasteiger partial charge in [0.2, 0.25) is 5.91 Å². The number of benzene rings is 2. The van der Waals surface area contributed by atoms with Crippen LogP contribution in [0.1, 0.15) is 17.5 Å². The average Bonchev–Trinajstić information content (AvgIpc) is 2.67. The smallest absolute Gasteiger partial charge is 0.224 e. The van der Waals surface area contributed by atoms with Crippen LogP contribution in [0, 0.1) is 0 Å². The molecule has 2 aromatic rings. The van der Waals surface area contributed by atoms with Crippen molar-refractivity contribution in [3.63, 3.8) is 0 Å². The molecule has 0 radical (unpaired) electrons. The molecule has 1 amide bonds. The first-order valence-corrected chi connectivity index (χ1v) is 9.03. The van der Waals surface area contributed by atoms with Crippen molar-refractivity contribution in [2.45, 2.75) is 19.3 Å². The average molecular weight is 338 g/mol. The van der Waals surface area contributed by atoms with E-state index in [9.17, 15) is 4.79 Å². The minimum atomic E-state index is 0.0900. The van der Waals surface area contributed by atoms with E-state index in [1.807, 2.05) is 18.2 Å². The third-order valence-electron chi connectivity index (χ3n) is 4.48. The van der Waals surface area contributed by atoms with Crippen molar-refractivity contribution in [1.29, 1.82) is 0 Å². The Balaban J connectivity index is 1.38. The topological polar surface area (TPSA) is 41.6 Å². The van der Waals surface area contributed by atoms with Crippen molar-refractivity contribution in [3.05, 3.63) is 65.7 Å². The molecular weight excluding hydrogens is 312 g/mol. The zero-order valence-electron chi connectivity index (χ0n) is 14.6. The summed E-state index contributed by atoms with van der Waals surface area (Å²) < 4.78 is 5.38. The van der Waals surface area contributed by atoms with Gasteiger partial charge in [-0.15, -0.1) is 0 Å². The van der Waals surface area contributed by atoms with E-state index >= 15 is 0 Å². The van der Waals surface area contributed by atoms with Gasteiger partial charge >= 0.3 is 0 Å². The molecule has 0 aromatic heterocycles. The molecule has 3 rings (SSSR count). The first-order valence-electron chi connectivity index (χ1n) is 9.03. The van der Waals surface area contributed by atoms with Crippen LogP contribution in [0.5, 0.6) is 0 Å². The summed E-state index contributed by atoms with van der Waals surface area (Å²) in [5.74, 6) is 0.0900. The van der Waals surface area contributed by atoms with Crippen LogP contribution in [0.4, 0.5) is 5.69 Å². The van der Waals surface area contributed by atoms with Gasteiger partial charge in [0.1, 0.15) is 0 Å². The fourth-order valence-corrected chi connectivity index (χ4v) is 3.06. The van der Waals surface area contributed by atoms with Crippen LogP contribution in [0.15, 0.2) is 54.6 Å². The number of carbonyl (C=O) groups excluding carboxylic acids is 1. The quantitative estimate of drug-likeness (QED) is 0.790. The number of amides is 1. The van der Waals surface area contributed by atoms with Crippen molar-refractivity contribution in [2.24, 2.45) is 0 Å². The maximum Gasteiger partial charge on any atom is 0.224 e. The molecule has 1 fully saturated rings. The summed E-state index contributed by atoms with van der Waals surface area (Å²) in [5, 5.41) is 3.01.